The van der Waals surface area contributed by atoms with Gasteiger partial charge in [0, 0.05) is 13.7 Å². The normalized spacial score (nSPS) is 12.3. The second kappa shape index (κ2) is 6.80. The van der Waals surface area contributed by atoms with Gasteiger partial charge < -0.3 is 15.0 Å². The molecule has 124 valence electrons. The maximum absolute atomic E-state index is 13.8. The largest absolute Gasteiger partial charge is 0.396 e. The number of hydrogen-bond donors (Lipinski definition) is 2. The molecule has 5 nitrogen and oxygen atoms in total. The number of benzene rings is 2. The van der Waals surface area contributed by atoms with Gasteiger partial charge in [-0.1, -0.05) is 30.3 Å². The Morgan fingerprint density at radius 3 is 2.79 bits per heavy atom. The molecule has 2 N–H and O–H groups in total. The first-order chi connectivity index (χ1) is 11.6. The third-order valence-electron chi connectivity index (χ3n) is 4.09. The Morgan fingerprint density at radius 2 is 2.08 bits per heavy atom. The van der Waals surface area contributed by atoms with Crippen molar-refractivity contribution in [1.29, 1.82) is 0 Å². The molecule has 0 radical (unpaired) electrons. The summed E-state index contributed by atoms with van der Waals surface area (Å²) in [5, 5.41) is 9.37. The lowest BCUT2D eigenvalue weighted by Gasteiger charge is -2.28. The lowest BCUT2D eigenvalue weighted by Crippen LogP contribution is -2.32. The molecule has 24 heavy (non-hydrogen) atoms. The van der Waals surface area contributed by atoms with Crippen LogP contribution in [0.2, 0.25) is 0 Å². The van der Waals surface area contributed by atoms with E-state index in [9.17, 15) is 14.3 Å². The smallest absolute Gasteiger partial charge is 0.256 e. The van der Waals surface area contributed by atoms with Crippen LogP contribution in [-0.2, 0) is 0 Å². The zero-order chi connectivity index (χ0) is 17.1. The van der Waals surface area contributed by atoms with Gasteiger partial charge in [-0.2, -0.15) is 0 Å². The van der Waals surface area contributed by atoms with Gasteiger partial charge in [-0.05, 0) is 24.1 Å². The summed E-state index contributed by atoms with van der Waals surface area (Å²) >= 11 is 0. The molecule has 0 bridgehead atoms. The van der Waals surface area contributed by atoms with E-state index in [2.05, 4.69) is 9.97 Å². The van der Waals surface area contributed by atoms with E-state index in [1.165, 1.54) is 23.4 Å². The molecular weight excluding hydrogens is 309 g/mol. The second-order valence-electron chi connectivity index (χ2n) is 5.61. The lowest BCUT2D eigenvalue weighted by molar-refractivity contribution is 0.0706. The molecule has 0 aliphatic carbocycles. The quantitative estimate of drug-likeness (QED) is 0.757. The van der Waals surface area contributed by atoms with Crippen LogP contribution in [-0.4, -0.2) is 39.5 Å². The van der Waals surface area contributed by atoms with Crippen LogP contribution >= 0.6 is 0 Å². The fourth-order valence-electron chi connectivity index (χ4n) is 2.89. The number of nitrogens with one attached hydrogen (secondary N) is 1. The average molecular weight is 327 g/mol. The number of aromatic amines is 1. The molecule has 1 unspecified atom stereocenters. The van der Waals surface area contributed by atoms with Gasteiger partial charge in [0.05, 0.1) is 23.4 Å². The second-order valence-corrected chi connectivity index (χ2v) is 5.61. The Hall–Kier alpha value is -2.73. The molecule has 6 heteroatoms. The van der Waals surface area contributed by atoms with Gasteiger partial charge in [0.15, 0.2) is 0 Å². The number of aliphatic hydroxyl groups is 1. The van der Waals surface area contributed by atoms with Crippen molar-refractivity contribution in [3.05, 3.63) is 65.7 Å². The average Bonchev–Trinajstić information content (AvgIpc) is 3.06. The van der Waals surface area contributed by atoms with Crippen LogP contribution in [0.3, 0.4) is 0 Å². The highest BCUT2D eigenvalue weighted by molar-refractivity contribution is 6.04. The Morgan fingerprint density at radius 1 is 1.33 bits per heavy atom. The number of aliphatic hydroxyl groups excluding tert-OH is 1. The predicted molar refractivity (Wildman–Crippen MR) is 89.0 cm³/mol. The third-order valence-corrected chi connectivity index (χ3v) is 4.09. The van der Waals surface area contributed by atoms with Crippen LogP contribution in [0.4, 0.5) is 4.39 Å². The van der Waals surface area contributed by atoms with Gasteiger partial charge in [0.2, 0.25) is 0 Å². The predicted octanol–water partition coefficient (Wildman–Crippen LogP) is 2.90. The highest BCUT2D eigenvalue weighted by atomic mass is 19.1. The number of amides is 1. The Kier molecular flexibility index (Phi) is 4.57. The number of carbonyl (C=O) groups is 1. The number of aromatic nitrogens is 2. The summed E-state index contributed by atoms with van der Waals surface area (Å²) < 4.78 is 13.8. The van der Waals surface area contributed by atoms with E-state index in [1.807, 2.05) is 30.3 Å². The van der Waals surface area contributed by atoms with Crippen molar-refractivity contribution in [2.24, 2.45) is 0 Å². The highest BCUT2D eigenvalue weighted by Gasteiger charge is 2.25. The minimum Gasteiger partial charge on any atom is -0.396 e. The van der Waals surface area contributed by atoms with Gasteiger partial charge >= 0.3 is 0 Å². The SMILES string of the molecule is CN(C(=O)c1cc(F)cc2[nH]cnc12)C(CCO)c1ccccc1. The monoisotopic (exact) mass is 327 g/mol. The van der Waals surface area contributed by atoms with Crippen molar-refractivity contribution in [2.75, 3.05) is 13.7 Å². The molecule has 1 atom stereocenters. The third kappa shape index (κ3) is 3.00. The molecule has 0 spiro atoms. The minimum absolute atomic E-state index is 0.0574. The number of carbonyl (C=O) groups excluding carboxylic acids is 1. The first-order valence-electron chi connectivity index (χ1n) is 7.67. The molecule has 3 aromatic rings. The summed E-state index contributed by atoms with van der Waals surface area (Å²) in [5.74, 6) is -0.837. The molecule has 3 rings (SSSR count). The molecule has 2 aromatic carbocycles. The van der Waals surface area contributed by atoms with E-state index in [-0.39, 0.29) is 24.1 Å². The van der Waals surface area contributed by atoms with E-state index in [0.29, 0.717) is 17.5 Å². The fourth-order valence-corrected chi connectivity index (χ4v) is 2.89. The van der Waals surface area contributed by atoms with Gasteiger partial charge in [-0.25, -0.2) is 9.37 Å². The zero-order valence-electron chi connectivity index (χ0n) is 13.2. The number of rotatable bonds is 5. The topological polar surface area (TPSA) is 69.2 Å². The highest BCUT2D eigenvalue weighted by Crippen LogP contribution is 2.26. The summed E-state index contributed by atoms with van der Waals surface area (Å²) in [4.78, 5) is 21.4. The number of imidazole rings is 1. The lowest BCUT2D eigenvalue weighted by atomic mass is 10.0. The molecule has 0 saturated carbocycles. The number of hydrogen-bond acceptors (Lipinski definition) is 3. The molecular formula is C18H18FN3O2. The summed E-state index contributed by atoms with van der Waals surface area (Å²) in [7, 11) is 1.65. The molecule has 0 fully saturated rings. The van der Waals surface area contributed by atoms with Crippen LogP contribution in [0.1, 0.15) is 28.4 Å². The van der Waals surface area contributed by atoms with Gasteiger partial charge in [0.25, 0.3) is 5.91 Å². The van der Waals surface area contributed by atoms with Crippen molar-refractivity contribution in [1.82, 2.24) is 14.9 Å². The first kappa shape index (κ1) is 16.1. The van der Waals surface area contributed by atoms with Gasteiger partial charge in [-0.15, -0.1) is 0 Å². The maximum atomic E-state index is 13.8. The number of fused-ring (bicyclic) bond motifs is 1. The number of halogens is 1. The summed E-state index contributed by atoms with van der Waals surface area (Å²) in [6.07, 6.45) is 1.83. The summed E-state index contributed by atoms with van der Waals surface area (Å²) in [5.41, 5.74) is 2.03. The Bertz CT molecular complexity index is 848. The van der Waals surface area contributed by atoms with E-state index < -0.39 is 5.82 Å². The fraction of sp³-hybridized carbons (Fsp3) is 0.222. The van der Waals surface area contributed by atoms with E-state index in [0.717, 1.165) is 5.56 Å². The van der Waals surface area contributed by atoms with Crippen molar-refractivity contribution in [3.8, 4) is 0 Å². The molecule has 1 aromatic heterocycles. The molecule has 0 saturated heterocycles. The van der Waals surface area contributed by atoms with E-state index in [4.69, 9.17) is 0 Å². The van der Waals surface area contributed by atoms with Crippen molar-refractivity contribution >= 4 is 16.9 Å². The van der Waals surface area contributed by atoms with Crippen molar-refractivity contribution in [2.45, 2.75) is 12.5 Å². The molecule has 0 aliphatic rings. The zero-order valence-corrected chi connectivity index (χ0v) is 13.2. The van der Waals surface area contributed by atoms with Crippen molar-refractivity contribution < 1.29 is 14.3 Å². The molecule has 1 heterocycles. The Labute approximate surface area is 138 Å². The number of H-pyrrole nitrogens is 1. The van der Waals surface area contributed by atoms with Gasteiger partial charge in [0.1, 0.15) is 11.3 Å². The maximum Gasteiger partial charge on any atom is 0.256 e. The minimum atomic E-state index is -0.498. The molecule has 0 aliphatic heterocycles. The van der Waals surface area contributed by atoms with Crippen LogP contribution < -0.4 is 0 Å². The molecule has 1 amide bonds. The Balaban J connectivity index is 1.99. The van der Waals surface area contributed by atoms with Crippen LogP contribution in [0, 0.1) is 5.82 Å². The van der Waals surface area contributed by atoms with Gasteiger partial charge in [-0.3, -0.25) is 4.79 Å². The summed E-state index contributed by atoms with van der Waals surface area (Å²) in [6.45, 7) is -0.0574. The first-order valence-corrected chi connectivity index (χ1v) is 7.67. The van der Waals surface area contributed by atoms with Crippen LogP contribution in [0.5, 0.6) is 0 Å². The van der Waals surface area contributed by atoms with Crippen LogP contribution in [0.15, 0.2) is 48.8 Å². The van der Waals surface area contributed by atoms with E-state index in [1.54, 1.807) is 7.05 Å². The van der Waals surface area contributed by atoms with Crippen LogP contribution in [0.25, 0.3) is 11.0 Å². The number of nitrogens with zero attached hydrogens (tertiary/aromatic N) is 2. The van der Waals surface area contributed by atoms with Crippen molar-refractivity contribution in [3.63, 3.8) is 0 Å². The summed E-state index contributed by atoms with van der Waals surface area (Å²) in [6, 6.07) is 11.7. The van der Waals surface area contributed by atoms with E-state index >= 15 is 0 Å². The standard InChI is InChI=1S/C18H18FN3O2/c1-22(16(7-8-23)12-5-3-2-4-6-12)18(24)14-9-13(19)10-15-17(14)21-11-20-15/h2-6,9-11,16,23H,7-8H2,1H3,(H,20,21).